The van der Waals surface area contributed by atoms with Crippen molar-refractivity contribution in [3.05, 3.63) is 18.1 Å². The Balaban J connectivity index is 1.26. The van der Waals surface area contributed by atoms with Crippen LogP contribution in [0.3, 0.4) is 0 Å². The molecule has 4 aliphatic rings. The van der Waals surface area contributed by atoms with Gasteiger partial charge in [0.05, 0.1) is 0 Å². The van der Waals surface area contributed by atoms with E-state index in [1.807, 2.05) is 6.07 Å². The van der Waals surface area contributed by atoms with Crippen LogP contribution in [0.4, 0.5) is 5.82 Å². The first-order chi connectivity index (χ1) is 16.0. The minimum atomic E-state index is 0.0311. The van der Waals surface area contributed by atoms with E-state index in [9.17, 15) is 4.79 Å². The zero-order chi connectivity index (χ0) is 23.0. The van der Waals surface area contributed by atoms with Gasteiger partial charge in [-0.1, -0.05) is 6.92 Å². The van der Waals surface area contributed by atoms with Crippen molar-refractivity contribution in [1.29, 1.82) is 5.26 Å². The van der Waals surface area contributed by atoms with Crippen molar-refractivity contribution in [3.63, 3.8) is 0 Å². The van der Waals surface area contributed by atoms with Crippen LogP contribution in [-0.4, -0.2) is 29.1 Å². The highest BCUT2D eigenvalue weighted by molar-refractivity contribution is 5.92. The zero-order valence-corrected chi connectivity index (χ0v) is 20.1. The first-order valence-corrected chi connectivity index (χ1v) is 13.1. The van der Waals surface area contributed by atoms with Crippen LogP contribution in [0.2, 0.25) is 0 Å². The summed E-state index contributed by atoms with van der Waals surface area (Å²) in [5.74, 6) is 5.50. The lowest BCUT2D eigenvalue weighted by Gasteiger charge is -2.56. The quantitative estimate of drug-likeness (QED) is 0.665. The molecule has 6 heteroatoms. The van der Waals surface area contributed by atoms with Crippen LogP contribution in [0.1, 0.15) is 77.5 Å². The molecule has 178 valence electrons. The number of rotatable bonds is 5. The number of anilines is 1. The molecule has 0 aromatic carbocycles. The summed E-state index contributed by atoms with van der Waals surface area (Å²) < 4.78 is 5.76. The first kappa shape index (κ1) is 22.8. The second-order valence-electron chi connectivity index (χ2n) is 11.3. The third-order valence-electron chi connectivity index (χ3n) is 9.94. The molecule has 0 radical (unpaired) electrons. The van der Waals surface area contributed by atoms with Crippen molar-refractivity contribution in [1.82, 2.24) is 9.97 Å². The number of carbonyl (C=O) groups excluding carboxylic acids is 1. The SMILES string of the molecule is CCOCC1CCC2C(CCC3C2CCC2(C)C(C(=O)Nc4ccnc(C#N)n4)CCC32)C1. The molecule has 0 spiro atoms. The van der Waals surface area contributed by atoms with E-state index in [2.05, 4.69) is 29.1 Å². The van der Waals surface area contributed by atoms with E-state index < -0.39 is 0 Å². The number of hydrogen-bond donors (Lipinski definition) is 1. The number of ether oxygens (including phenoxy) is 1. The van der Waals surface area contributed by atoms with Gasteiger partial charge in [-0.2, -0.15) is 5.26 Å². The number of nitrogens with one attached hydrogen (secondary N) is 1. The molecule has 6 nitrogen and oxygen atoms in total. The third kappa shape index (κ3) is 4.18. The normalized spacial score (nSPS) is 39.6. The molecule has 4 saturated carbocycles. The van der Waals surface area contributed by atoms with E-state index in [0.29, 0.717) is 11.7 Å². The number of carbonyl (C=O) groups is 1. The van der Waals surface area contributed by atoms with Gasteiger partial charge in [0.2, 0.25) is 11.7 Å². The highest BCUT2D eigenvalue weighted by Gasteiger charge is 2.58. The molecule has 0 bridgehead atoms. The van der Waals surface area contributed by atoms with E-state index in [1.54, 1.807) is 6.07 Å². The number of aromatic nitrogens is 2. The van der Waals surface area contributed by atoms with Gasteiger partial charge >= 0.3 is 0 Å². The molecule has 1 aromatic heterocycles. The Labute approximate surface area is 197 Å². The van der Waals surface area contributed by atoms with Crippen molar-refractivity contribution < 1.29 is 9.53 Å². The summed E-state index contributed by atoms with van der Waals surface area (Å²) in [7, 11) is 0. The summed E-state index contributed by atoms with van der Waals surface area (Å²) in [6.07, 6.45) is 12.9. The lowest BCUT2D eigenvalue weighted by molar-refractivity contribution is -0.127. The van der Waals surface area contributed by atoms with Crippen molar-refractivity contribution in [3.8, 4) is 6.07 Å². The van der Waals surface area contributed by atoms with Gasteiger partial charge in [-0.3, -0.25) is 4.79 Å². The van der Waals surface area contributed by atoms with Crippen LogP contribution in [-0.2, 0) is 9.53 Å². The standard InChI is InChI=1S/C27H38N4O2/c1-3-33-16-17-4-6-19-18(14-17)5-7-21-20(19)10-12-27(2)22(21)8-9-23(27)26(32)31-24-11-13-29-25(15-28)30-24/h11,13,17-23H,3-10,12,14,16H2,1-2H3,(H,29,30,31,32). The predicted molar refractivity (Wildman–Crippen MR) is 126 cm³/mol. The molecular formula is C27H38N4O2. The second kappa shape index (κ2) is 9.33. The minimum absolute atomic E-state index is 0.0311. The van der Waals surface area contributed by atoms with E-state index in [-0.39, 0.29) is 23.1 Å². The third-order valence-corrected chi connectivity index (χ3v) is 9.94. The van der Waals surface area contributed by atoms with Gasteiger partial charge in [0.15, 0.2) is 0 Å². The maximum atomic E-state index is 13.3. The average Bonchev–Trinajstić information content (AvgIpc) is 3.19. The molecule has 1 amide bonds. The molecule has 5 rings (SSSR count). The second-order valence-corrected chi connectivity index (χ2v) is 11.3. The van der Waals surface area contributed by atoms with Crippen LogP contribution in [0.15, 0.2) is 12.3 Å². The van der Waals surface area contributed by atoms with E-state index in [0.717, 1.165) is 55.6 Å². The maximum Gasteiger partial charge on any atom is 0.234 e. The number of nitrogens with zero attached hydrogens (tertiary/aromatic N) is 3. The van der Waals surface area contributed by atoms with Crippen LogP contribution in [0.25, 0.3) is 0 Å². The van der Waals surface area contributed by atoms with Gasteiger partial charge in [0.25, 0.3) is 0 Å². The Hall–Kier alpha value is -2.00. The zero-order valence-electron chi connectivity index (χ0n) is 20.1. The molecule has 1 N–H and O–H groups in total. The van der Waals surface area contributed by atoms with Crippen molar-refractivity contribution >= 4 is 11.7 Å². The van der Waals surface area contributed by atoms with Gasteiger partial charge in [-0.05, 0) is 112 Å². The highest BCUT2D eigenvalue weighted by Crippen LogP contribution is 2.64. The molecule has 33 heavy (non-hydrogen) atoms. The van der Waals surface area contributed by atoms with E-state index >= 15 is 0 Å². The Bertz CT molecular complexity index is 914. The Morgan fingerprint density at radius 3 is 2.85 bits per heavy atom. The number of nitriles is 1. The highest BCUT2D eigenvalue weighted by atomic mass is 16.5. The molecule has 1 heterocycles. The fourth-order valence-corrected chi connectivity index (χ4v) is 8.51. The van der Waals surface area contributed by atoms with Gasteiger partial charge in [0.1, 0.15) is 11.9 Å². The average molecular weight is 451 g/mol. The van der Waals surface area contributed by atoms with Crippen molar-refractivity contribution in [2.45, 2.75) is 71.6 Å². The van der Waals surface area contributed by atoms with E-state index in [4.69, 9.17) is 10.00 Å². The van der Waals surface area contributed by atoms with Crippen LogP contribution in [0.5, 0.6) is 0 Å². The summed E-state index contributed by atoms with van der Waals surface area (Å²) >= 11 is 0. The van der Waals surface area contributed by atoms with Gasteiger partial charge in [-0.25, -0.2) is 9.97 Å². The molecule has 8 unspecified atom stereocenters. The van der Waals surface area contributed by atoms with Crippen LogP contribution in [0, 0.1) is 58.2 Å². The smallest absolute Gasteiger partial charge is 0.234 e. The molecule has 0 aliphatic heterocycles. The van der Waals surface area contributed by atoms with Gasteiger partial charge < -0.3 is 10.1 Å². The monoisotopic (exact) mass is 450 g/mol. The molecule has 4 fully saturated rings. The maximum absolute atomic E-state index is 13.3. The lowest BCUT2D eigenvalue weighted by Crippen LogP contribution is -2.50. The molecule has 1 aromatic rings. The molecule has 8 atom stereocenters. The summed E-state index contributed by atoms with van der Waals surface area (Å²) in [5, 5.41) is 12.1. The van der Waals surface area contributed by atoms with Gasteiger partial charge in [0, 0.05) is 25.3 Å². The first-order valence-electron chi connectivity index (χ1n) is 13.1. The largest absolute Gasteiger partial charge is 0.381 e. The summed E-state index contributed by atoms with van der Waals surface area (Å²) in [4.78, 5) is 21.4. The number of hydrogen-bond acceptors (Lipinski definition) is 5. The number of fused-ring (bicyclic) bond motifs is 5. The van der Waals surface area contributed by atoms with Crippen molar-refractivity contribution in [2.24, 2.45) is 46.8 Å². The van der Waals surface area contributed by atoms with Crippen molar-refractivity contribution in [2.75, 3.05) is 18.5 Å². The minimum Gasteiger partial charge on any atom is -0.381 e. The van der Waals surface area contributed by atoms with E-state index in [1.165, 1.54) is 51.1 Å². The molecule has 0 saturated heterocycles. The predicted octanol–water partition coefficient (Wildman–Crippen LogP) is 5.21. The summed E-state index contributed by atoms with van der Waals surface area (Å²) in [6.45, 7) is 6.27. The lowest BCUT2D eigenvalue weighted by atomic mass is 9.49. The molecule has 4 aliphatic carbocycles. The Morgan fingerprint density at radius 1 is 1.18 bits per heavy atom. The van der Waals surface area contributed by atoms with Gasteiger partial charge in [-0.15, -0.1) is 0 Å². The topological polar surface area (TPSA) is 87.9 Å². The number of amides is 1. The van der Waals surface area contributed by atoms with Crippen LogP contribution >= 0.6 is 0 Å². The summed E-state index contributed by atoms with van der Waals surface area (Å²) in [6, 6.07) is 3.62. The summed E-state index contributed by atoms with van der Waals surface area (Å²) in [5.41, 5.74) is 0.0787. The molecular weight excluding hydrogens is 412 g/mol. The van der Waals surface area contributed by atoms with Crippen LogP contribution < -0.4 is 5.32 Å². The fraction of sp³-hybridized carbons (Fsp3) is 0.778. The Morgan fingerprint density at radius 2 is 2.03 bits per heavy atom. The Kier molecular flexibility index (Phi) is 6.44. The fourth-order valence-electron chi connectivity index (χ4n) is 8.51.